The van der Waals surface area contributed by atoms with Crippen molar-refractivity contribution in [1.29, 1.82) is 0 Å². The van der Waals surface area contributed by atoms with Gasteiger partial charge in [0.25, 0.3) is 0 Å². The quantitative estimate of drug-likeness (QED) is 0.798. The van der Waals surface area contributed by atoms with Crippen LogP contribution in [0.15, 0.2) is 24.3 Å². The van der Waals surface area contributed by atoms with Crippen LogP contribution in [0.25, 0.3) is 0 Å². The Kier molecular flexibility index (Phi) is 3.92. The van der Waals surface area contributed by atoms with Gasteiger partial charge in [-0.25, -0.2) is 0 Å². The second kappa shape index (κ2) is 4.98. The summed E-state index contributed by atoms with van der Waals surface area (Å²) in [5, 5.41) is 3.44. The van der Waals surface area contributed by atoms with E-state index in [0.29, 0.717) is 5.02 Å². The number of amides is 1. The molecule has 0 saturated heterocycles. The fourth-order valence-corrected chi connectivity index (χ4v) is 1.26. The number of halogens is 1. The summed E-state index contributed by atoms with van der Waals surface area (Å²) in [7, 11) is 0. The van der Waals surface area contributed by atoms with Crippen LogP contribution >= 0.6 is 11.6 Å². The molecule has 1 aromatic carbocycles. The maximum absolute atomic E-state index is 11.0. The lowest BCUT2D eigenvalue weighted by Crippen LogP contribution is -2.32. The molecule has 1 aromatic rings. The predicted octanol–water partition coefficient (Wildman–Crippen LogP) is 1.48. The molecule has 0 fully saturated rings. The maximum Gasteiger partial charge on any atom is 0.234 e. The molecule has 0 aliphatic rings. The number of benzene rings is 1. The van der Waals surface area contributed by atoms with Gasteiger partial charge >= 0.3 is 0 Å². The number of hydrogen-bond acceptors (Lipinski definition) is 2. The van der Waals surface area contributed by atoms with Crippen LogP contribution in [-0.2, 0) is 4.79 Å². The van der Waals surface area contributed by atoms with Crippen LogP contribution in [0, 0.1) is 0 Å². The lowest BCUT2D eigenvalue weighted by Gasteiger charge is -2.13. The van der Waals surface area contributed by atoms with E-state index in [1.807, 2.05) is 19.1 Å². The largest absolute Gasteiger partial charge is 0.348 e. The van der Waals surface area contributed by atoms with E-state index in [4.69, 9.17) is 17.3 Å². The van der Waals surface area contributed by atoms with Gasteiger partial charge in [-0.05, 0) is 24.6 Å². The van der Waals surface area contributed by atoms with E-state index in [-0.39, 0.29) is 18.5 Å². The van der Waals surface area contributed by atoms with Crippen molar-refractivity contribution < 1.29 is 4.79 Å². The average molecular weight is 213 g/mol. The molecule has 0 aliphatic carbocycles. The summed E-state index contributed by atoms with van der Waals surface area (Å²) in [4.78, 5) is 11.0. The van der Waals surface area contributed by atoms with Gasteiger partial charge < -0.3 is 11.1 Å². The number of nitrogens with two attached hydrogens (primary N) is 1. The second-order valence-electron chi connectivity index (χ2n) is 3.04. The predicted molar refractivity (Wildman–Crippen MR) is 57.1 cm³/mol. The van der Waals surface area contributed by atoms with Crippen molar-refractivity contribution in [3.05, 3.63) is 34.9 Å². The Bertz CT molecular complexity index is 310. The molecule has 4 heteroatoms. The monoisotopic (exact) mass is 212 g/mol. The first kappa shape index (κ1) is 11.0. The first-order valence-electron chi connectivity index (χ1n) is 4.38. The molecule has 0 aliphatic heterocycles. The third-order valence-corrected chi connectivity index (χ3v) is 2.18. The minimum absolute atomic E-state index is 0.0118. The molecule has 1 amide bonds. The van der Waals surface area contributed by atoms with Crippen LogP contribution in [0.3, 0.4) is 0 Å². The van der Waals surface area contributed by atoms with Gasteiger partial charge in [0.2, 0.25) is 5.91 Å². The van der Waals surface area contributed by atoms with Crippen molar-refractivity contribution in [2.75, 3.05) is 6.54 Å². The summed E-state index contributed by atoms with van der Waals surface area (Å²) >= 11 is 5.74. The van der Waals surface area contributed by atoms with Gasteiger partial charge in [-0.1, -0.05) is 23.7 Å². The van der Waals surface area contributed by atoms with E-state index >= 15 is 0 Å². The Morgan fingerprint density at radius 2 is 2.07 bits per heavy atom. The molecule has 0 spiro atoms. The molecule has 0 radical (unpaired) electrons. The number of carbonyl (C=O) groups excluding carboxylic acids is 1. The Morgan fingerprint density at radius 3 is 2.57 bits per heavy atom. The van der Waals surface area contributed by atoms with Crippen molar-refractivity contribution in [2.24, 2.45) is 5.73 Å². The Balaban J connectivity index is 2.65. The molecular formula is C10H13ClN2O. The van der Waals surface area contributed by atoms with Crippen molar-refractivity contribution >= 4 is 17.5 Å². The lowest BCUT2D eigenvalue weighted by atomic mass is 10.1. The zero-order valence-electron chi connectivity index (χ0n) is 7.96. The zero-order chi connectivity index (χ0) is 10.6. The van der Waals surface area contributed by atoms with Crippen LogP contribution < -0.4 is 11.1 Å². The number of rotatable bonds is 3. The molecule has 1 rings (SSSR count). The number of nitrogens with one attached hydrogen (secondary N) is 1. The number of carbonyl (C=O) groups is 1. The van der Waals surface area contributed by atoms with Gasteiger partial charge in [0.1, 0.15) is 0 Å². The standard InChI is InChI=1S/C10H13ClN2O/c1-7(13-10(14)6-12)8-2-4-9(11)5-3-8/h2-5,7H,6,12H2,1H3,(H,13,14). The fourth-order valence-electron chi connectivity index (χ4n) is 1.14. The minimum Gasteiger partial charge on any atom is -0.348 e. The minimum atomic E-state index is -0.160. The Morgan fingerprint density at radius 1 is 1.50 bits per heavy atom. The Labute approximate surface area is 88.2 Å². The SMILES string of the molecule is CC(NC(=O)CN)c1ccc(Cl)cc1. The molecular weight excluding hydrogens is 200 g/mol. The van der Waals surface area contributed by atoms with Crippen LogP contribution in [0.4, 0.5) is 0 Å². The van der Waals surface area contributed by atoms with Crippen molar-refractivity contribution in [1.82, 2.24) is 5.32 Å². The molecule has 3 N–H and O–H groups in total. The number of hydrogen-bond donors (Lipinski definition) is 2. The molecule has 1 atom stereocenters. The van der Waals surface area contributed by atoms with E-state index in [1.54, 1.807) is 12.1 Å². The fraction of sp³-hybridized carbons (Fsp3) is 0.300. The summed E-state index contributed by atoms with van der Waals surface area (Å²) in [6.45, 7) is 1.91. The molecule has 14 heavy (non-hydrogen) atoms. The van der Waals surface area contributed by atoms with Crippen LogP contribution in [0.5, 0.6) is 0 Å². The highest BCUT2D eigenvalue weighted by Crippen LogP contribution is 2.15. The topological polar surface area (TPSA) is 55.1 Å². The van der Waals surface area contributed by atoms with Gasteiger partial charge in [-0.3, -0.25) is 4.79 Å². The van der Waals surface area contributed by atoms with Crippen LogP contribution in [0.2, 0.25) is 5.02 Å². The first-order valence-corrected chi connectivity index (χ1v) is 4.76. The van der Waals surface area contributed by atoms with Gasteiger partial charge in [-0.15, -0.1) is 0 Å². The highest BCUT2D eigenvalue weighted by Gasteiger charge is 2.07. The summed E-state index contributed by atoms with van der Waals surface area (Å²) in [6.07, 6.45) is 0. The van der Waals surface area contributed by atoms with Crippen LogP contribution in [-0.4, -0.2) is 12.5 Å². The molecule has 76 valence electrons. The summed E-state index contributed by atoms with van der Waals surface area (Å²) < 4.78 is 0. The molecule has 0 bridgehead atoms. The first-order chi connectivity index (χ1) is 6.63. The molecule has 3 nitrogen and oxygen atoms in total. The molecule has 1 unspecified atom stereocenters. The Hall–Kier alpha value is -1.06. The highest BCUT2D eigenvalue weighted by molar-refractivity contribution is 6.30. The van der Waals surface area contributed by atoms with Gasteiger partial charge in [0, 0.05) is 5.02 Å². The second-order valence-corrected chi connectivity index (χ2v) is 3.48. The summed E-state index contributed by atoms with van der Waals surface area (Å²) in [5.74, 6) is -0.160. The third kappa shape index (κ3) is 3.01. The summed E-state index contributed by atoms with van der Waals surface area (Å²) in [5.41, 5.74) is 6.20. The van der Waals surface area contributed by atoms with Gasteiger partial charge in [0.15, 0.2) is 0 Å². The maximum atomic E-state index is 11.0. The van der Waals surface area contributed by atoms with Crippen molar-refractivity contribution in [2.45, 2.75) is 13.0 Å². The molecule has 0 heterocycles. The third-order valence-electron chi connectivity index (χ3n) is 1.93. The van der Waals surface area contributed by atoms with E-state index in [2.05, 4.69) is 5.32 Å². The van der Waals surface area contributed by atoms with Crippen molar-refractivity contribution in [3.8, 4) is 0 Å². The highest BCUT2D eigenvalue weighted by atomic mass is 35.5. The van der Waals surface area contributed by atoms with E-state index in [0.717, 1.165) is 5.56 Å². The van der Waals surface area contributed by atoms with E-state index in [1.165, 1.54) is 0 Å². The van der Waals surface area contributed by atoms with Crippen molar-refractivity contribution in [3.63, 3.8) is 0 Å². The van der Waals surface area contributed by atoms with E-state index < -0.39 is 0 Å². The molecule has 0 saturated carbocycles. The van der Waals surface area contributed by atoms with Gasteiger partial charge in [0.05, 0.1) is 12.6 Å². The lowest BCUT2D eigenvalue weighted by molar-refractivity contribution is -0.120. The van der Waals surface area contributed by atoms with Crippen LogP contribution in [0.1, 0.15) is 18.5 Å². The zero-order valence-corrected chi connectivity index (χ0v) is 8.71. The normalized spacial score (nSPS) is 12.2. The average Bonchev–Trinajstić information content (AvgIpc) is 2.18. The summed E-state index contributed by atoms with van der Waals surface area (Å²) in [6, 6.07) is 7.31. The smallest absolute Gasteiger partial charge is 0.234 e. The van der Waals surface area contributed by atoms with E-state index in [9.17, 15) is 4.79 Å². The molecule has 0 aromatic heterocycles. The van der Waals surface area contributed by atoms with Gasteiger partial charge in [-0.2, -0.15) is 0 Å².